The lowest BCUT2D eigenvalue weighted by atomic mass is 9.95. The number of carbonyl (C=O) groups is 1. The minimum absolute atomic E-state index is 0.116. The van der Waals surface area contributed by atoms with Crippen LogP contribution in [0, 0.1) is 0 Å². The molecule has 1 aromatic heterocycles. The lowest BCUT2D eigenvalue weighted by Crippen LogP contribution is -2.45. The molecule has 0 radical (unpaired) electrons. The Morgan fingerprint density at radius 3 is 2.75 bits per heavy atom. The number of thiophene rings is 1. The van der Waals surface area contributed by atoms with E-state index in [0.29, 0.717) is 15.8 Å². The molecule has 5 heteroatoms. The first-order valence-corrected chi connectivity index (χ1v) is 6.93. The molecule has 0 aliphatic rings. The van der Waals surface area contributed by atoms with Crippen molar-refractivity contribution in [1.82, 2.24) is 5.32 Å². The molecule has 90 valence electrons. The molecule has 0 aliphatic carbocycles. The summed E-state index contributed by atoms with van der Waals surface area (Å²) in [5.41, 5.74) is -0.258. The van der Waals surface area contributed by atoms with Crippen molar-refractivity contribution in [2.45, 2.75) is 32.2 Å². The van der Waals surface area contributed by atoms with Crippen LogP contribution in [0.25, 0.3) is 0 Å². The Morgan fingerprint density at radius 2 is 2.31 bits per heavy atom. The number of rotatable bonds is 5. The van der Waals surface area contributed by atoms with Crippen molar-refractivity contribution >= 4 is 40.4 Å². The van der Waals surface area contributed by atoms with Gasteiger partial charge in [0.25, 0.3) is 5.91 Å². The molecule has 1 N–H and O–H groups in total. The molecular weight excluding hydrogens is 265 g/mol. The smallest absolute Gasteiger partial charge is 0.263 e. The summed E-state index contributed by atoms with van der Waals surface area (Å²) in [6.45, 7) is 4.03. The molecule has 1 atom stereocenters. The van der Waals surface area contributed by atoms with Crippen LogP contribution < -0.4 is 5.32 Å². The van der Waals surface area contributed by atoms with Gasteiger partial charge in [-0.3, -0.25) is 4.79 Å². The van der Waals surface area contributed by atoms with Crippen molar-refractivity contribution in [2.75, 3.05) is 5.88 Å². The van der Waals surface area contributed by atoms with Gasteiger partial charge in [0.05, 0.1) is 5.02 Å². The Kier molecular flexibility index (Phi) is 5.09. The number of hydrogen-bond donors (Lipinski definition) is 1. The van der Waals surface area contributed by atoms with Crippen LogP contribution in [0.3, 0.4) is 0 Å². The molecular formula is C11H15Cl2NOS. The third kappa shape index (κ3) is 3.37. The van der Waals surface area contributed by atoms with Crippen molar-refractivity contribution in [2.24, 2.45) is 0 Å². The molecule has 1 amide bonds. The molecule has 0 bridgehead atoms. The van der Waals surface area contributed by atoms with Gasteiger partial charge in [-0.15, -0.1) is 22.9 Å². The van der Waals surface area contributed by atoms with Crippen molar-refractivity contribution in [3.8, 4) is 0 Å². The molecule has 0 fully saturated rings. The van der Waals surface area contributed by atoms with Gasteiger partial charge >= 0.3 is 0 Å². The first-order valence-electron chi connectivity index (χ1n) is 5.14. The zero-order chi connectivity index (χ0) is 12.2. The van der Waals surface area contributed by atoms with Crippen LogP contribution in [-0.4, -0.2) is 17.3 Å². The second-order valence-electron chi connectivity index (χ2n) is 3.90. The summed E-state index contributed by atoms with van der Waals surface area (Å²) in [6, 6.07) is 1.73. The van der Waals surface area contributed by atoms with Crippen LogP contribution in [0.4, 0.5) is 0 Å². The molecule has 2 nitrogen and oxygen atoms in total. The standard InChI is InChI=1S/C11H15Cl2NOS/c1-3-11(2,5-6-12)14-10(15)9-8(13)4-7-16-9/h4,7H,3,5-6H2,1-2H3,(H,14,15). The number of alkyl halides is 1. The van der Waals surface area contributed by atoms with Crippen LogP contribution in [0.5, 0.6) is 0 Å². The molecule has 1 unspecified atom stereocenters. The number of amides is 1. The van der Waals surface area contributed by atoms with E-state index in [9.17, 15) is 4.79 Å². The number of carbonyl (C=O) groups excluding carboxylic acids is 1. The van der Waals surface area contributed by atoms with Crippen LogP contribution in [0.15, 0.2) is 11.4 Å². The van der Waals surface area contributed by atoms with E-state index in [-0.39, 0.29) is 11.4 Å². The van der Waals surface area contributed by atoms with Crippen molar-refractivity contribution in [3.63, 3.8) is 0 Å². The lowest BCUT2D eigenvalue weighted by molar-refractivity contribution is 0.0906. The summed E-state index contributed by atoms with van der Waals surface area (Å²) in [6.07, 6.45) is 1.59. The van der Waals surface area contributed by atoms with E-state index in [1.54, 1.807) is 6.07 Å². The van der Waals surface area contributed by atoms with Crippen LogP contribution in [0.1, 0.15) is 36.4 Å². The van der Waals surface area contributed by atoms with E-state index >= 15 is 0 Å². The second-order valence-corrected chi connectivity index (χ2v) is 5.61. The molecule has 1 aromatic rings. The highest BCUT2D eigenvalue weighted by Gasteiger charge is 2.25. The van der Waals surface area contributed by atoms with Crippen LogP contribution in [-0.2, 0) is 0 Å². The number of hydrogen-bond acceptors (Lipinski definition) is 2. The van der Waals surface area contributed by atoms with E-state index < -0.39 is 0 Å². The van der Waals surface area contributed by atoms with Crippen LogP contribution in [0.2, 0.25) is 5.02 Å². The minimum Gasteiger partial charge on any atom is -0.346 e. The molecule has 0 aliphatic heterocycles. The fourth-order valence-corrected chi connectivity index (χ4v) is 2.78. The van der Waals surface area contributed by atoms with Crippen molar-refractivity contribution in [1.29, 1.82) is 0 Å². The fraction of sp³-hybridized carbons (Fsp3) is 0.545. The lowest BCUT2D eigenvalue weighted by Gasteiger charge is -2.28. The fourth-order valence-electron chi connectivity index (χ4n) is 1.32. The summed E-state index contributed by atoms with van der Waals surface area (Å²) < 4.78 is 0. The maximum Gasteiger partial charge on any atom is 0.263 e. The monoisotopic (exact) mass is 279 g/mol. The third-order valence-electron chi connectivity index (χ3n) is 2.67. The molecule has 0 spiro atoms. The predicted octanol–water partition coefficient (Wildman–Crippen LogP) is 3.93. The summed E-state index contributed by atoms with van der Waals surface area (Å²) in [7, 11) is 0. The second kappa shape index (κ2) is 5.89. The zero-order valence-electron chi connectivity index (χ0n) is 9.35. The zero-order valence-corrected chi connectivity index (χ0v) is 11.7. The summed E-state index contributed by atoms with van der Waals surface area (Å²) >= 11 is 13.0. The topological polar surface area (TPSA) is 29.1 Å². The predicted molar refractivity (Wildman–Crippen MR) is 70.8 cm³/mol. The summed E-state index contributed by atoms with van der Waals surface area (Å²) in [5, 5.41) is 5.30. The van der Waals surface area contributed by atoms with Crippen molar-refractivity contribution in [3.05, 3.63) is 21.3 Å². The summed E-state index contributed by atoms with van der Waals surface area (Å²) in [4.78, 5) is 12.5. The van der Waals surface area contributed by atoms with Crippen LogP contribution >= 0.6 is 34.5 Å². The van der Waals surface area contributed by atoms with E-state index in [1.807, 2.05) is 19.2 Å². The van der Waals surface area contributed by atoms with Gasteiger partial charge in [0, 0.05) is 11.4 Å². The quantitative estimate of drug-likeness (QED) is 0.813. The van der Waals surface area contributed by atoms with Gasteiger partial charge in [0.15, 0.2) is 0 Å². The third-order valence-corrected chi connectivity index (χ3v) is 4.19. The van der Waals surface area contributed by atoms with Gasteiger partial charge in [-0.1, -0.05) is 18.5 Å². The Morgan fingerprint density at radius 1 is 1.62 bits per heavy atom. The maximum absolute atomic E-state index is 11.9. The van der Waals surface area contributed by atoms with E-state index in [2.05, 4.69) is 5.32 Å². The highest BCUT2D eigenvalue weighted by molar-refractivity contribution is 7.12. The molecule has 0 saturated heterocycles. The Bertz CT molecular complexity index is 367. The molecule has 1 rings (SSSR count). The van der Waals surface area contributed by atoms with E-state index in [0.717, 1.165) is 12.8 Å². The highest BCUT2D eigenvalue weighted by atomic mass is 35.5. The first kappa shape index (κ1) is 13.8. The Balaban J connectivity index is 2.73. The van der Waals surface area contributed by atoms with Gasteiger partial charge in [0.2, 0.25) is 0 Å². The van der Waals surface area contributed by atoms with Gasteiger partial charge < -0.3 is 5.32 Å². The summed E-state index contributed by atoms with van der Waals surface area (Å²) in [5.74, 6) is 0.414. The number of halogens is 2. The largest absolute Gasteiger partial charge is 0.346 e. The van der Waals surface area contributed by atoms with Crippen molar-refractivity contribution < 1.29 is 4.79 Å². The highest BCUT2D eigenvalue weighted by Crippen LogP contribution is 2.24. The molecule has 0 saturated carbocycles. The average Bonchev–Trinajstić information content (AvgIpc) is 2.65. The van der Waals surface area contributed by atoms with Gasteiger partial charge in [0.1, 0.15) is 4.88 Å². The SMILES string of the molecule is CCC(C)(CCCl)NC(=O)c1sccc1Cl. The maximum atomic E-state index is 11.9. The Hall–Kier alpha value is -0.250. The van der Waals surface area contributed by atoms with Gasteiger partial charge in [-0.25, -0.2) is 0 Å². The number of nitrogens with one attached hydrogen (secondary N) is 1. The first-order chi connectivity index (χ1) is 7.52. The minimum atomic E-state index is -0.258. The normalized spacial score (nSPS) is 14.5. The average molecular weight is 280 g/mol. The molecule has 1 heterocycles. The van der Waals surface area contributed by atoms with Gasteiger partial charge in [-0.2, -0.15) is 0 Å². The van der Waals surface area contributed by atoms with E-state index in [4.69, 9.17) is 23.2 Å². The molecule has 0 aromatic carbocycles. The molecule has 16 heavy (non-hydrogen) atoms. The van der Waals surface area contributed by atoms with Gasteiger partial charge in [-0.05, 0) is 31.2 Å². The Labute approximate surface area is 110 Å². The van der Waals surface area contributed by atoms with E-state index in [1.165, 1.54) is 11.3 Å².